The molecule has 0 aliphatic carbocycles. The Morgan fingerprint density at radius 3 is 2.10 bits per heavy atom. The molecule has 3 aromatic rings. The summed E-state index contributed by atoms with van der Waals surface area (Å²) in [5.74, 6) is -1.06. The molecular formula is C21H19ClN2O4S. The number of carboxylic acid groups (broad SMARTS) is 1. The first-order valence-electron chi connectivity index (χ1n) is 8.44. The fourth-order valence-electron chi connectivity index (χ4n) is 2.57. The summed E-state index contributed by atoms with van der Waals surface area (Å²) in [4.78, 5) is 14.6. The Balaban J connectivity index is 0.00000300. The summed E-state index contributed by atoms with van der Waals surface area (Å²) in [5, 5.41) is 8.63. The van der Waals surface area contributed by atoms with Gasteiger partial charge in [-0.05, 0) is 65.6 Å². The summed E-state index contributed by atoms with van der Waals surface area (Å²) in [7, 11) is -3.73. The zero-order chi connectivity index (χ0) is 20.0. The molecule has 0 spiro atoms. The lowest BCUT2D eigenvalue weighted by atomic mass is 10.1. The van der Waals surface area contributed by atoms with Crippen LogP contribution in [0.5, 0.6) is 0 Å². The highest BCUT2D eigenvalue weighted by Gasteiger charge is 2.13. The van der Waals surface area contributed by atoms with E-state index in [1.165, 1.54) is 18.2 Å². The van der Waals surface area contributed by atoms with E-state index in [4.69, 9.17) is 5.11 Å². The van der Waals surface area contributed by atoms with Gasteiger partial charge in [0.2, 0.25) is 0 Å². The number of hydrogen-bond donors (Lipinski definition) is 2. The van der Waals surface area contributed by atoms with Crippen molar-refractivity contribution in [2.45, 2.75) is 11.3 Å². The molecule has 0 bridgehead atoms. The second kappa shape index (κ2) is 9.86. The molecule has 6 nitrogen and oxygen atoms in total. The van der Waals surface area contributed by atoms with E-state index in [-0.39, 0.29) is 17.3 Å². The lowest BCUT2D eigenvalue weighted by Crippen LogP contribution is -2.12. The number of carbonyl (C=O) groups is 1. The molecule has 1 aromatic heterocycles. The van der Waals surface area contributed by atoms with Crippen molar-refractivity contribution >= 4 is 40.2 Å². The van der Waals surface area contributed by atoms with Crippen LogP contribution in [0.15, 0.2) is 84.0 Å². The Morgan fingerprint density at radius 2 is 1.52 bits per heavy atom. The quantitative estimate of drug-likeness (QED) is 0.552. The lowest BCUT2D eigenvalue weighted by molar-refractivity contribution is -0.131. The summed E-state index contributed by atoms with van der Waals surface area (Å²) in [6, 6.07) is 17.0. The van der Waals surface area contributed by atoms with Crippen LogP contribution in [0.1, 0.15) is 16.7 Å². The highest BCUT2D eigenvalue weighted by atomic mass is 35.5. The van der Waals surface area contributed by atoms with Gasteiger partial charge >= 0.3 is 5.97 Å². The molecule has 150 valence electrons. The van der Waals surface area contributed by atoms with Crippen molar-refractivity contribution in [2.24, 2.45) is 0 Å². The van der Waals surface area contributed by atoms with Crippen LogP contribution in [-0.4, -0.2) is 24.5 Å². The topological polar surface area (TPSA) is 96.4 Å². The molecule has 1 heterocycles. The SMILES string of the molecule is Cl.O=C(O)/C=C/c1ccc(S(=O)(=O)Nc2ccc(Cc3ccncc3)cc2)cc1. The number of halogens is 1. The number of hydrogen-bond acceptors (Lipinski definition) is 4. The zero-order valence-corrected chi connectivity index (χ0v) is 16.9. The number of aliphatic carboxylic acids is 1. The van der Waals surface area contributed by atoms with Crippen molar-refractivity contribution in [2.75, 3.05) is 4.72 Å². The molecule has 29 heavy (non-hydrogen) atoms. The van der Waals surface area contributed by atoms with Crippen LogP contribution < -0.4 is 4.72 Å². The van der Waals surface area contributed by atoms with Crippen LogP contribution >= 0.6 is 12.4 Å². The van der Waals surface area contributed by atoms with Gasteiger partial charge in [-0.3, -0.25) is 9.71 Å². The van der Waals surface area contributed by atoms with E-state index < -0.39 is 16.0 Å². The maximum Gasteiger partial charge on any atom is 0.328 e. The molecule has 0 amide bonds. The van der Waals surface area contributed by atoms with E-state index in [2.05, 4.69) is 9.71 Å². The number of nitrogens with one attached hydrogen (secondary N) is 1. The standard InChI is InChI=1S/C21H18N2O4S.ClH/c24-21(25)10-5-16-3-8-20(9-4-16)28(26,27)23-19-6-1-17(2-7-19)15-18-11-13-22-14-12-18;/h1-14,23H,15H2,(H,24,25);1H/b10-5+;. The number of aromatic nitrogens is 1. The van der Waals surface area contributed by atoms with Crippen LogP contribution in [0.25, 0.3) is 6.08 Å². The number of nitrogens with zero attached hydrogens (tertiary/aromatic N) is 1. The first kappa shape index (κ1) is 22.1. The second-order valence-electron chi connectivity index (χ2n) is 6.08. The number of carboxylic acids is 1. The van der Waals surface area contributed by atoms with Gasteiger partial charge in [0.1, 0.15) is 0 Å². The van der Waals surface area contributed by atoms with Crippen LogP contribution in [0, 0.1) is 0 Å². The van der Waals surface area contributed by atoms with Crippen LogP contribution in [0.2, 0.25) is 0 Å². The number of benzene rings is 2. The van der Waals surface area contributed by atoms with Crippen molar-refractivity contribution in [1.82, 2.24) is 4.98 Å². The van der Waals surface area contributed by atoms with Gasteiger partial charge in [-0.1, -0.05) is 24.3 Å². The molecule has 0 unspecified atom stereocenters. The highest BCUT2D eigenvalue weighted by molar-refractivity contribution is 7.92. The lowest BCUT2D eigenvalue weighted by Gasteiger charge is -2.09. The fourth-order valence-corrected chi connectivity index (χ4v) is 3.63. The van der Waals surface area contributed by atoms with E-state index in [0.29, 0.717) is 11.3 Å². The molecule has 8 heteroatoms. The molecule has 0 saturated heterocycles. The predicted octanol–water partition coefficient (Wildman–Crippen LogP) is 3.99. The molecule has 0 radical (unpaired) electrons. The maximum absolute atomic E-state index is 12.5. The average molecular weight is 431 g/mol. The van der Waals surface area contributed by atoms with E-state index in [0.717, 1.165) is 23.6 Å². The molecule has 2 N–H and O–H groups in total. The first-order chi connectivity index (χ1) is 13.4. The smallest absolute Gasteiger partial charge is 0.328 e. The Morgan fingerprint density at radius 1 is 0.931 bits per heavy atom. The van der Waals surface area contributed by atoms with Gasteiger partial charge in [-0.2, -0.15) is 0 Å². The van der Waals surface area contributed by atoms with Gasteiger partial charge < -0.3 is 5.11 Å². The summed E-state index contributed by atoms with van der Waals surface area (Å²) < 4.78 is 27.6. The van der Waals surface area contributed by atoms with Crippen LogP contribution in [0.3, 0.4) is 0 Å². The van der Waals surface area contributed by atoms with E-state index in [1.807, 2.05) is 24.3 Å². The number of anilines is 1. The summed E-state index contributed by atoms with van der Waals surface area (Å²) in [6.07, 6.45) is 6.60. The Bertz CT molecular complexity index is 1080. The number of rotatable bonds is 7. The van der Waals surface area contributed by atoms with Gasteiger partial charge in [0.05, 0.1) is 4.90 Å². The van der Waals surface area contributed by atoms with Crippen molar-refractivity contribution in [1.29, 1.82) is 0 Å². The molecule has 0 aliphatic heterocycles. The number of sulfonamides is 1. The highest BCUT2D eigenvalue weighted by Crippen LogP contribution is 2.19. The summed E-state index contributed by atoms with van der Waals surface area (Å²) in [5.41, 5.74) is 3.25. The minimum absolute atomic E-state index is 0. The molecule has 0 atom stereocenters. The normalized spacial score (nSPS) is 11.0. The second-order valence-corrected chi connectivity index (χ2v) is 7.76. The predicted molar refractivity (Wildman–Crippen MR) is 115 cm³/mol. The van der Waals surface area contributed by atoms with Gasteiger partial charge in [0, 0.05) is 24.2 Å². The first-order valence-corrected chi connectivity index (χ1v) is 9.92. The molecule has 0 aliphatic rings. The van der Waals surface area contributed by atoms with Gasteiger partial charge in [0.15, 0.2) is 0 Å². The van der Waals surface area contributed by atoms with Crippen LogP contribution in [-0.2, 0) is 21.2 Å². The Hall–Kier alpha value is -3.16. The van der Waals surface area contributed by atoms with Crippen molar-refractivity contribution in [3.8, 4) is 0 Å². The molecular weight excluding hydrogens is 412 g/mol. The number of pyridine rings is 1. The third-order valence-electron chi connectivity index (χ3n) is 3.97. The van der Waals surface area contributed by atoms with E-state index in [9.17, 15) is 13.2 Å². The largest absolute Gasteiger partial charge is 0.478 e. The maximum atomic E-state index is 12.5. The molecule has 0 saturated carbocycles. The van der Waals surface area contributed by atoms with E-state index >= 15 is 0 Å². The van der Waals surface area contributed by atoms with Crippen LogP contribution in [0.4, 0.5) is 5.69 Å². The minimum Gasteiger partial charge on any atom is -0.478 e. The molecule has 2 aromatic carbocycles. The Labute approximate surface area is 175 Å². The van der Waals surface area contributed by atoms with Gasteiger partial charge in [-0.15, -0.1) is 12.4 Å². The summed E-state index contributed by atoms with van der Waals surface area (Å²) in [6.45, 7) is 0. The Kier molecular flexibility index (Phi) is 7.52. The third kappa shape index (κ3) is 6.44. The molecule has 3 rings (SSSR count). The monoisotopic (exact) mass is 430 g/mol. The third-order valence-corrected chi connectivity index (χ3v) is 5.37. The fraction of sp³-hybridized carbons (Fsp3) is 0.0476. The van der Waals surface area contributed by atoms with Gasteiger partial charge in [-0.25, -0.2) is 13.2 Å². The van der Waals surface area contributed by atoms with Crippen molar-refractivity contribution in [3.63, 3.8) is 0 Å². The minimum atomic E-state index is -3.73. The van der Waals surface area contributed by atoms with E-state index in [1.54, 1.807) is 36.7 Å². The molecule has 0 fully saturated rings. The average Bonchev–Trinajstić information content (AvgIpc) is 2.69. The van der Waals surface area contributed by atoms with Crippen molar-refractivity contribution in [3.05, 3.63) is 95.8 Å². The zero-order valence-electron chi connectivity index (χ0n) is 15.2. The van der Waals surface area contributed by atoms with Gasteiger partial charge in [0.25, 0.3) is 10.0 Å². The summed E-state index contributed by atoms with van der Waals surface area (Å²) >= 11 is 0. The van der Waals surface area contributed by atoms with Crippen molar-refractivity contribution < 1.29 is 18.3 Å².